The number of hydrogen-bond donors (Lipinski definition) is 0. The van der Waals surface area contributed by atoms with Gasteiger partial charge in [0.1, 0.15) is 17.1 Å². The molecule has 3 aromatic heterocycles. The van der Waals surface area contributed by atoms with Gasteiger partial charge in [0.2, 0.25) is 0 Å². The molecule has 0 spiro atoms. The number of piperidine rings is 1. The van der Waals surface area contributed by atoms with Gasteiger partial charge < -0.3 is 18.8 Å². The first-order valence-electron chi connectivity index (χ1n) is 10.9. The second-order valence-corrected chi connectivity index (χ2v) is 8.16. The Labute approximate surface area is 186 Å². The number of methoxy groups -OCH3 is 1. The standard InChI is InChI=1S/C24H26N6O2/c1-28-14-11-26-23(28)24(31)29-12-8-18(9-13-29)30-21(27-20-7-4-10-25-22(20)30)16-17-5-3-6-19(15-17)32-2/h3-7,10-11,14-15,18H,8-9,12-13,16H2,1-2H3. The van der Waals surface area contributed by atoms with Crippen LogP contribution in [0.15, 0.2) is 55.0 Å². The second-order valence-electron chi connectivity index (χ2n) is 8.16. The predicted octanol–water partition coefficient (Wildman–Crippen LogP) is 3.24. The summed E-state index contributed by atoms with van der Waals surface area (Å²) in [5.41, 5.74) is 2.94. The molecular formula is C24H26N6O2. The Balaban J connectivity index is 1.41. The number of pyridine rings is 1. The summed E-state index contributed by atoms with van der Waals surface area (Å²) in [6, 6.07) is 12.3. The monoisotopic (exact) mass is 430 g/mol. The maximum Gasteiger partial charge on any atom is 0.289 e. The fraction of sp³-hybridized carbons (Fsp3) is 0.333. The lowest BCUT2D eigenvalue weighted by Gasteiger charge is -2.33. The average molecular weight is 431 g/mol. The van der Waals surface area contributed by atoms with Gasteiger partial charge in [-0.2, -0.15) is 0 Å². The van der Waals surface area contributed by atoms with Crippen molar-refractivity contribution < 1.29 is 9.53 Å². The lowest BCUT2D eigenvalue weighted by Crippen LogP contribution is -2.40. The maximum absolute atomic E-state index is 12.9. The van der Waals surface area contributed by atoms with Gasteiger partial charge in [-0.25, -0.2) is 15.0 Å². The van der Waals surface area contributed by atoms with Crippen LogP contribution >= 0.6 is 0 Å². The molecular weight excluding hydrogens is 404 g/mol. The van der Waals surface area contributed by atoms with Gasteiger partial charge >= 0.3 is 0 Å². The van der Waals surface area contributed by atoms with E-state index in [-0.39, 0.29) is 11.9 Å². The summed E-state index contributed by atoms with van der Waals surface area (Å²) in [5, 5.41) is 0. The Morgan fingerprint density at radius 3 is 2.72 bits per heavy atom. The minimum Gasteiger partial charge on any atom is -0.497 e. The highest BCUT2D eigenvalue weighted by Crippen LogP contribution is 2.30. The molecule has 8 heteroatoms. The second kappa shape index (κ2) is 8.45. The van der Waals surface area contributed by atoms with E-state index < -0.39 is 0 Å². The molecule has 1 fully saturated rings. The Morgan fingerprint density at radius 1 is 1.12 bits per heavy atom. The third-order valence-corrected chi connectivity index (χ3v) is 6.15. The van der Waals surface area contributed by atoms with Crippen LogP contribution in [0.2, 0.25) is 0 Å². The molecule has 1 saturated heterocycles. The van der Waals surface area contributed by atoms with Gasteiger partial charge in [-0.05, 0) is 42.7 Å². The molecule has 0 saturated carbocycles. The molecule has 0 radical (unpaired) electrons. The number of nitrogens with zero attached hydrogens (tertiary/aromatic N) is 6. The fourth-order valence-electron chi connectivity index (χ4n) is 4.49. The van der Waals surface area contributed by atoms with Crippen molar-refractivity contribution in [2.45, 2.75) is 25.3 Å². The third kappa shape index (κ3) is 3.72. The summed E-state index contributed by atoms with van der Waals surface area (Å²) >= 11 is 0. The zero-order valence-electron chi connectivity index (χ0n) is 18.3. The van der Waals surface area contributed by atoms with Crippen molar-refractivity contribution >= 4 is 17.1 Å². The quantitative estimate of drug-likeness (QED) is 0.486. The first-order valence-corrected chi connectivity index (χ1v) is 10.9. The lowest BCUT2D eigenvalue weighted by atomic mass is 10.0. The summed E-state index contributed by atoms with van der Waals surface area (Å²) in [5.74, 6) is 2.29. The van der Waals surface area contributed by atoms with E-state index in [9.17, 15) is 4.79 Å². The van der Waals surface area contributed by atoms with Crippen molar-refractivity contribution in [3.8, 4) is 5.75 Å². The smallest absolute Gasteiger partial charge is 0.289 e. The summed E-state index contributed by atoms with van der Waals surface area (Å²) in [6.07, 6.45) is 7.67. The topological polar surface area (TPSA) is 78.1 Å². The van der Waals surface area contributed by atoms with E-state index in [4.69, 9.17) is 9.72 Å². The largest absolute Gasteiger partial charge is 0.497 e. The van der Waals surface area contributed by atoms with E-state index in [1.807, 2.05) is 48.5 Å². The SMILES string of the molecule is COc1cccc(Cc2nc3cccnc3n2C2CCN(C(=O)c3nccn3C)CC2)c1. The number of hydrogen-bond acceptors (Lipinski definition) is 5. The summed E-state index contributed by atoms with van der Waals surface area (Å²) < 4.78 is 9.43. The zero-order chi connectivity index (χ0) is 22.1. The Morgan fingerprint density at radius 2 is 1.97 bits per heavy atom. The van der Waals surface area contributed by atoms with Crippen LogP contribution in [0.5, 0.6) is 5.75 Å². The summed E-state index contributed by atoms with van der Waals surface area (Å²) in [6.45, 7) is 1.36. The number of carbonyl (C=O) groups excluding carboxylic acids is 1. The van der Waals surface area contributed by atoms with Gasteiger partial charge in [0.25, 0.3) is 5.91 Å². The van der Waals surface area contributed by atoms with Gasteiger partial charge in [0.15, 0.2) is 11.5 Å². The molecule has 0 N–H and O–H groups in total. The van der Waals surface area contributed by atoms with Crippen molar-refractivity contribution in [1.29, 1.82) is 0 Å². The fourth-order valence-corrected chi connectivity index (χ4v) is 4.49. The van der Waals surface area contributed by atoms with E-state index in [1.165, 1.54) is 0 Å². The molecule has 4 heterocycles. The van der Waals surface area contributed by atoms with Crippen LogP contribution in [-0.2, 0) is 13.5 Å². The van der Waals surface area contributed by atoms with Gasteiger partial charge in [0, 0.05) is 51.2 Å². The minimum atomic E-state index is -0.0128. The molecule has 0 aliphatic carbocycles. The van der Waals surface area contributed by atoms with E-state index in [1.54, 1.807) is 24.1 Å². The minimum absolute atomic E-state index is 0.0128. The number of aryl methyl sites for hydroxylation is 1. The van der Waals surface area contributed by atoms with Crippen LogP contribution in [0.25, 0.3) is 11.2 Å². The number of amides is 1. The lowest BCUT2D eigenvalue weighted by molar-refractivity contribution is 0.0679. The Kier molecular flexibility index (Phi) is 5.34. The normalized spacial score (nSPS) is 14.8. The molecule has 1 aromatic carbocycles. The van der Waals surface area contributed by atoms with Crippen LogP contribution in [0, 0.1) is 0 Å². The van der Waals surface area contributed by atoms with Crippen LogP contribution < -0.4 is 4.74 Å². The van der Waals surface area contributed by atoms with Gasteiger partial charge in [-0.3, -0.25) is 4.79 Å². The van der Waals surface area contributed by atoms with Crippen molar-refractivity contribution in [2.75, 3.05) is 20.2 Å². The number of rotatable bonds is 5. The molecule has 5 rings (SSSR count). The number of fused-ring (bicyclic) bond motifs is 1. The number of carbonyl (C=O) groups is 1. The number of likely N-dealkylation sites (tertiary alicyclic amines) is 1. The first-order chi connectivity index (χ1) is 15.6. The summed E-state index contributed by atoms with van der Waals surface area (Å²) in [4.78, 5) is 28.5. The van der Waals surface area contributed by atoms with E-state index in [2.05, 4.69) is 20.6 Å². The van der Waals surface area contributed by atoms with E-state index in [0.717, 1.165) is 41.1 Å². The van der Waals surface area contributed by atoms with Crippen LogP contribution in [0.1, 0.15) is 40.9 Å². The van der Waals surface area contributed by atoms with E-state index in [0.29, 0.717) is 25.3 Å². The van der Waals surface area contributed by atoms with Crippen LogP contribution in [0.4, 0.5) is 0 Å². The van der Waals surface area contributed by atoms with Crippen LogP contribution in [-0.4, -0.2) is 55.1 Å². The molecule has 0 bridgehead atoms. The zero-order valence-corrected chi connectivity index (χ0v) is 18.3. The maximum atomic E-state index is 12.9. The molecule has 0 unspecified atom stereocenters. The van der Waals surface area contributed by atoms with Crippen molar-refractivity contribution in [1.82, 2.24) is 29.0 Å². The molecule has 8 nitrogen and oxygen atoms in total. The highest BCUT2D eigenvalue weighted by atomic mass is 16.5. The molecule has 1 aliphatic heterocycles. The molecule has 0 atom stereocenters. The summed E-state index contributed by atoms with van der Waals surface area (Å²) in [7, 11) is 3.53. The highest BCUT2D eigenvalue weighted by Gasteiger charge is 2.29. The van der Waals surface area contributed by atoms with Crippen molar-refractivity contribution in [3.05, 3.63) is 72.2 Å². The molecule has 32 heavy (non-hydrogen) atoms. The van der Waals surface area contributed by atoms with Gasteiger partial charge in [0.05, 0.1) is 7.11 Å². The Bertz CT molecular complexity index is 1250. The predicted molar refractivity (Wildman–Crippen MR) is 121 cm³/mol. The van der Waals surface area contributed by atoms with Gasteiger partial charge in [-0.1, -0.05) is 12.1 Å². The average Bonchev–Trinajstić information content (AvgIpc) is 3.41. The van der Waals surface area contributed by atoms with E-state index >= 15 is 0 Å². The van der Waals surface area contributed by atoms with Crippen LogP contribution in [0.3, 0.4) is 0 Å². The number of ether oxygens (including phenoxy) is 1. The molecule has 1 aliphatic rings. The third-order valence-electron chi connectivity index (χ3n) is 6.15. The number of imidazole rings is 2. The molecule has 1 amide bonds. The first kappa shape index (κ1) is 20.2. The Hall–Kier alpha value is -3.68. The van der Waals surface area contributed by atoms with Gasteiger partial charge in [-0.15, -0.1) is 0 Å². The van der Waals surface area contributed by atoms with Crippen molar-refractivity contribution in [2.24, 2.45) is 7.05 Å². The number of aromatic nitrogens is 5. The molecule has 164 valence electrons. The van der Waals surface area contributed by atoms with Crippen molar-refractivity contribution in [3.63, 3.8) is 0 Å². The number of benzene rings is 1. The highest BCUT2D eigenvalue weighted by molar-refractivity contribution is 5.90. The molecule has 4 aromatic rings.